The first-order chi connectivity index (χ1) is 11.0. The van der Waals surface area contributed by atoms with Crippen LogP contribution in [0.3, 0.4) is 0 Å². The molecular weight excluding hydrogens is 452 g/mol. The number of fused-ring (bicyclic) bond motifs is 1. The van der Waals surface area contributed by atoms with Gasteiger partial charge in [-0.15, -0.1) is 0 Å². The summed E-state index contributed by atoms with van der Waals surface area (Å²) in [5.74, 6) is -0.842. The van der Waals surface area contributed by atoms with E-state index in [1.165, 1.54) is 12.1 Å². The molecule has 1 heterocycles. The topological polar surface area (TPSA) is 59.4 Å². The molecule has 0 radical (unpaired) electrons. The highest BCUT2D eigenvalue weighted by atomic mass is 127. The van der Waals surface area contributed by atoms with Gasteiger partial charge in [0.2, 0.25) is 0 Å². The molecule has 2 aromatic carbocycles. The lowest BCUT2D eigenvalue weighted by Gasteiger charge is -2.10. The van der Waals surface area contributed by atoms with Crippen molar-refractivity contribution in [3.63, 3.8) is 0 Å². The number of carbonyl (C=O) groups is 1. The van der Waals surface area contributed by atoms with Crippen molar-refractivity contribution in [2.75, 3.05) is 0 Å². The molecule has 0 bridgehead atoms. The van der Waals surface area contributed by atoms with Crippen LogP contribution in [0.2, 0.25) is 10.0 Å². The van der Waals surface area contributed by atoms with Gasteiger partial charge in [-0.2, -0.15) is 0 Å². The van der Waals surface area contributed by atoms with Gasteiger partial charge in [-0.25, -0.2) is 4.79 Å². The second-order valence-corrected chi connectivity index (χ2v) is 6.62. The molecule has 0 aliphatic heterocycles. The van der Waals surface area contributed by atoms with E-state index in [1.54, 1.807) is 18.3 Å². The van der Waals surface area contributed by atoms with Gasteiger partial charge >= 0.3 is 5.97 Å². The molecule has 1 aromatic heterocycles. The van der Waals surface area contributed by atoms with E-state index in [4.69, 9.17) is 27.9 Å². The molecule has 0 saturated carbocycles. The molecule has 0 saturated heterocycles. The van der Waals surface area contributed by atoms with Gasteiger partial charge in [-0.1, -0.05) is 29.3 Å². The number of nitrogens with zero attached hydrogens (tertiary/aromatic N) is 1. The van der Waals surface area contributed by atoms with Crippen molar-refractivity contribution < 1.29 is 14.6 Å². The second-order valence-electron chi connectivity index (χ2n) is 4.62. The molecule has 0 spiro atoms. The Morgan fingerprint density at radius 3 is 2.78 bits per heavy atom. The van der Waals surface area contributed by atoms with Gasteiger partial charge in [-0.05, 0) is 52.9 Å². The van der Waals surface area contributed by atoms with E-state index in [9.17, 15) is 9.90 Å². The summed E-state index contributed by atoms with van der Waals surface area (Å²) in [6, 6.07) is 9.80. The summed E-state index contributed by atoms with van der Waals surface area (Å²) >= 11 is 13.9. The first kappa shape index (κ1) is 16.3. The lowest BCUT2D eigenvalue weighted by molar-refractivity contribution is 0.0733. The van der Waals surface area contributed by atoms with Gasteiger partial charge in [-0.3, -0.25) is 4.98 Å². The molecule has 0 aliphatic carbocycles. The van der Waals surface area contributed by atoms with Crippen LogP contribution < -0.4 is 4.74 Å². The van der Waals surface area contributed by atoms with Crippen LogP contribution in [-0.2, 0) is 0 Å². The van der Waals surface area contributed by atoms with Crippen molar-refractivity contribution in [3.05, 3.63) is 61.8 Å². The number of phenols is 1. The highest BCUT2D eigenvalue weighted by Gasteiger charge is 2.19. The van der Waals surface area contributed by atoms with Crippen LogP contribution in [0.15, 0.2) is 42.6 Å². The normalized spacial score (nSPS) is 10.7. The summed E-state index contributed by atoms with van der Waals surface area (Å²) in [5, 5.41) is 11.0. The Morgan fingerprint density at radius 2 is 2.00 bits per heavy atom. The number of benzene rings is 2. The molecule has 0 amide bonds. The molecule has 1 N–H and O–H groups in total. The number of aromatic hydroxyl groups is 1. The molecule has 3 rings (SSSR count). The number of aromatic nitrogens is 1. The number of hydrogen-bond donors (Lipinski definition) is 1. The predicted octanol–water partition coefficient (Wildman–Crippen LogP) is 5.07. The van der Waals surface area contributed by atoms with E-state index in [-0.39, 0.29) is 21.4 Å². The maximum Gasteiger partial charge on any atom is 0.347 e. The minimum absolute atomic E-state index is 0.0185. The second kappa shape index (κ2) is 6.51. The largest absolute Gasteiger partial charge is 0.505 e. The fourth-order valence-electron chi connectivity index (χ4n) is 2.07. The molecule has 0 unspecified atom stereocenters. The van der Waals surface area contributed by atoms with Crippen LogP contribution in [0.1, 0.15) is 10.4 Å². The third kappa shape index (κ3) is 3.22. The highest BCUT2D eigenvalue weighted by Crippen LogP contribution is 2.33. The standard InChI is InChI=1S/C16H8Cl2INO3/c17-8-6-10(15(21)11(18)7-8)16(22)23-13-4-3-12(19)9-2-1-5-20-14(9)13/h1-7,21H. The fourth-order valence-corrected chi connectivity index (χ4v) is 3.18. The lowest BCUT2D eigenvalue weighted by atomic mass is 10.2. The maximum atomic E-state index is 12.3. The lowest BCUT2D eigenvalue weighted by Crippen LogP contribution is -2.09. The quantitative estimate of drug-likeness (QED) is 0.330. The average Bonchev–Trinajstić information content (AvgIpc) is 2.53. The summed E-state index contributed by atoms with van der Waals surface area (Å²) in [4.78, 5) is 16.6. The number of pyridine rings is 1. The Balaban J connectivity index is 2.03. The van der Waals surface area contributed by atoms with E-state index in [1.807, 2.05) is 12.1 Å². The maximum absolute atomic E-state index is 12.3. The zero-order chi connectivity index (χ0) is 16.6. The third-order valence-electron chi connectivity index (χ3n) is 3.13. The summed E-state index contributed by atoms with van der Waals surface area (Å²) in [5.41, 5.74) is 0.450. The van der Waals surface area contributed by atoms with Crippen molar-refractivity contribution in [2.24, 2.45) is 0 Å². The Hall–Kier alpha value is -1.57. The molecule has 23 heavy (non-hydrogen) atoms. The Morgan fingerprint density at radius 1 is 1.22 bits per heavy atom. The zero-order valence-corrected chi connectivity index (χ0v) is 15.1. The average molecular weight is 460 g/mol. The van der Waals surface area contributed by atoms with E-state index in [0.29, 0.717) is 11.3 Å². The van der Waals surface area contributed by atoms with Gasteiger partial charge < -0.3 is 9.84 Å². The number of esters is 1. The molecule has 0 atom stereocenters. The zero-order valence-electron chi connectivity index (χ0n) is 11.4. The molecule has 7 heteroatoms. The SMILES string of the molecule is O=C(Oc1ccc(I)c2cccnc12)c1cc(Cl)cc(Cl)c1O. The summed E-state index contributed by atoms with van der Waals surface area (Å²) in [7, 11) is 0. The molecular formula is C16H8Cl2INO3. The fraction of sp³-hybridized carbons (Fsp3) is 0. The number of ether oxygens (including phenoxy) is 1. The van der Waals surface area contributed by atoms with Crippen LogP contribution in [0, 0.1) is 3.57 Å². The van der Waals surface area contributed by atoms with Crippen LogP contribution in [-0.4, -0.2) is 16.1 Å². The minimum atomic E-state index is -0.764. The Labute approximate surface area is 155 Å². The van der Waals surface area contributed by atoms with E-state index in [2.05, 4.69) is 27.6 Å². The van der Waals surface area contributed by atoms with Crippen LogP contribution >= 0.6 is 45.8 Å². The first-order valence-corrected chi connectivity index (χ1v) is 8.24. The molecule has 0 fully saturated rings. The summed E-state index contributed by atoms with van der Waals surface area (Å²) in [6.07, 6.45) is 1.61. The van der Waals surface area contributed by atoms with E-state index >= 15 is 0 Å². The summed E-state index contributed by atoms with van der Waals surface area (Å²) in [6.45, 7) is 0. The first-order valence-electron chi connectivity index (χ1n) is 6.41. The highest BCUT2D eigenvalue weighted by molar-refractivity contribution is 14.1. The van der Waals surface area contributed by atoms with E-state index in [0.717, 1.165) is 8.96 Å². The molecule has 116 valence electrons. The predicted molar refractivity (Wildman–Crippen MR) is 97.5 cm³/mol. The van der Waals surface area contributed by atoms with Gasteiger partial charge in [0.05, 0.1) is 5.02 Å². The van der Waals surface area contributed by atoms with Crippen molar-refractivity contribution >= 4 is 62.7 Å². The summed E-state index contributed by atoms with van der Waals surface area (Å²) < 4.78 is 6.36. The molecule has 0 aliphatic rings. The molecule has 3 aromatic rings. The van der Waals surface area contributed by atoms with E-state index < -0.39 is 5.97 Å². The number of carbonyl (C=O) groups excluding carboxylic acids is 1. The van der Waals surface area contributed by atoms with Gasteiger partial charge in [0, 0.05) is 20.2 Å². The van der Waals surface area contributed by atoms with Crippen molar-refractivity contribution in [2.45, 2.75) is 0 Å². The van der Waals surface area contributed by atoms with Crippen LogP contribution in [0.5, 0.6) is 11.5 Å². The Kier molecular flexibility index (Phi) is 4.61. The molecule has 4 nitrogen and oxygen atoms in total. The smallest absolute Gasteiger partial charge is 0.347 e. The van der Waals surface area contributed by atoms with Crippen LogP contribution in [0.25, 0.3) is 10.9 Å². The number of halogens is 3. The minimum Gasteiger partial charge on any atom is -0.505 e. The monoisotopic (exact) mass is 459 g/mol. The van der Waals surface area contributed by atoms with Crippen molar-refractivity contribution in [1.82, 2.24) is 4.98 Å². The van der Waals surface area contributed by atoms with Gasteiger partial charge in [0.25, 0.3) is 0 Å². The van der Waals surface area contributed by atoms with Gasteiger partial charge in [0.1, 0.15) is 16.8 Å². The number of rotatable bonds is 2. The van der Waals surface area contributed by atoms with Gasteiger partial charge in [0.15, 0.2) is 5.75 Å². The third-order valence-corrected chi connectivity index (χ3v) is 4.58. The van der Waals surface area contributed by atoms with Crippen LogP contribution in [0.4, 0.5) is 0 Å². The van der Waals surface area contributed by atoms with Crippen molar-refractivity contribution in [1.29, 1.82) is 0 Å². The number of hydrogen-bond acceptors (Lipinski definition) is 4. The van der Waals surface area contributed by atoms with Crippen molar-refractivity contribution in [3.8, 4) is 11.5 Å². The number of phenolic OH excluding ortho intramolecular Hbond substituents is 1. The Bertz CT molecular complexity index is 931.